The van der Waals surface area contributed by atoms with Gasteiger partial charge in [-0.3, -0.25) is 14.6 Å². The Morgan fingerprint density at radius 2 is 1.83 bits per heavy atom. The molecule has 1 aromatic heterocycles. The molecule has 5 nitrogen and oxygen atoms in total. The van der Waals surface area contributed by atoms with E-state index in [0.29, 0.717) is 12.1 Å². The molecule has 1 aliphatic rings. The predicted molar refractivity (Wildman–Crippen MR) is 124 cm³/mol. The third kappa shape index (κ3) is 4.41. The van der Waals surface area contributed by atoms with Gasteiger partial charge in [0.1, 0.15) is 0 Å². The zero-order chi connectivity index (χ0) is 21.3. The topological polar surface area (TPSA) is 45.7 Å². The molecular formula is C24H29N3O2S. The molecule has 0 bridgehead atoms. The number of rotatable bonds is 5. The number of ether oxygens (including phenoxy) is 1. The van der Waals surface area contributed by atoms with E-state index in [-0.39, 0.29) is 5.91 Å². The van der Waals surface area contributed by atoms with Crippen LogP contribution in [0.1, 0.15) is 32.6 Å². The van der Waals surface area contributed by atoms with Gasteiger partial charge in [0.15, 0.2) is 5.13 Å². The van der Waals surface area contributed by atoms with Crippen LogP contribution in [0, 0.1) is 27.7 Å². The fourth-order valence-electron chi connectivity index (χ4n) is 3.86. The smallest absolute Gasteiger partial charge is 0.260 e. The molecule has 6 heteroatoms. The third-order valence-electron chi connectivity index (χ3n) is 5.78. The van der Waals surface area contributed by atoms with Crippen molar-refractivity contribution in [3.63, 3.8) is 0 Å². The zero-order valence-corrected chi connectivity index (χ0v) is 19.0. The highest BCUT2D eigenvalue weighted by Crippen LogP contribution is 2.33. The summed E-state index contributed by atoms with van der Waals surface area (Å²) in [5.41, 5.74) is 6.41. The van der Waals surface area contributed by atoms with Crippen molar-refractivity contribution in [3.8, 4) is 0 Å². The Balaban J connectivity index is 1.68. The van der Waals surface area contributed by atoms with Crippen molar-refractivity contribution >= 4 is 32.6 Å². The van der Waals surface area contributed by atoms with E-state index in [1.165, 1.54) is 16.7 Å². The molecule has 3 aromatic rings. The number of aromatic nitrogens is 1. The molecule has 2 heterocycles. The Bertz CT molecular complexity index is 1070. The highest BCUT2D eigenvalue weighted by Gasteiger charge is 2.23. The maximum Gasteiger partial charge on any atom is 0.260 e. The molecule has 1 amide bonds. The van der Waals surface area contributed by atoms with Crippen LogP contribution >= 0.6 is 11.3 Å². The number of morpholine rings is 1. The second-order valence-corrected chi connectivity index (χ2v) is 9.11. The molecule has 0 aliphatic carbocycles. The molecule has 158 valence electrons. The third-order valence-corrected chi connectivity index (χ3v) is 7.01. The van der Waals surface area contributed by atoms with Crippen LogP contribution in [0.15, 0.2) is 30.3 Å². The number of fused-ring (bicyclic) bond motifs is 1. The SMILES string of the molecule is Cc1cc(C)c2sc(N(CCN3CCOCC3)C(=O)c3ccc(C)c(C)c3)nc2c1. The minimum atomic E-state index is 0.0137. The summed E-state index contributed by atoms with van der Waals surface area (Å²) >= 11 is 1.61. The first kappa shape index (κ1) is 21.0. The molecule has 0 unspecified atom stereocenters. The summed E-state index contributed by atoms with van der Waals surface area (Å²) < 4.78 is 6.62. The number of nitrogens with zero attached hydrogens (tertiary/aromatic N) is 3. The van der Waals surface area contributed by atoms with Gasteiger partial charge in [-0.05, 0) is 68.1 Å². The summed E-state index contributed by atoms with van der Waals surface area (Å²) in [7, 11) is 0. The number of thiazole rings is 1. The molecule has 2 aromatic carbocycles. The largest absolute Gasteiger partial charge is 0.379 e. The van der Waals surface area contributed by atoms with Crippen molar-refractivity contribution in [1.82, 2.24) is 9.88 Å². The van der Waals surface area contributed by atoms with Gasteiger partial charge in [0.2, 0.25) is 0 Å². The van der Waals surface area contributed by atoms with Gasteiger partial charge >= 0.3 is 0 Å². The molecule has 30 heavy (non-hydrogen) atoms. The number of hydrogen-bond acceptors (Lipinski definition) is 5. The zero-order valence-electron chi connectivity index (χ0n) is 18.2. The highest BCUT2D eigenvalue weighted by atomic mass is 32.1. The molecule has 0 atom stereocenters. The summed E-state index contributed by atoms with van der Waals surface area (Å²) in [6, 6.07) is 10.2. The number of hydrogen-bond donors (Lipinski definition) is 0. The molecule has 0 N–H and O–H groups in total. The van der Waals surface area contributed by atoms with Gasteiger partial charge in [-0.25, -0.2) is 4.98 Å². The molecule has 0 spiro atoms. The van der Waals surface area contributed by atoms with E-state index >= 15 is 0 Å². The van der Waals surface area contributed by atoms with E-state index in [9.17, 15) is 4.79 Å². The lowest BCUT2D eigenvalue weighted by atomic mass is 10.1. The lowest BCUT2D eigenvalue weighted by Crippen LogP contribution is -2.43. The summed E-state index contributed by atoms with van der Waals surface area (Å²) in [4.78, 5) is 22.6. The van der Waals surface area contributed by atoms with E-state index in [4.69, 9.17) is 9.72 Å². The van der Waals surface area contributed by atoms with E-state index in [1.807, 2.05) is 30.0 Å². The van der Waals surface area contributed by atoms with E-state index in [2.05, 4.69) is 37.8 Å². The first-order valence-corrected chi connectivity index (χ1v) is 11.3. The number of carbonyl (C=O) groups is 1. The molecule has 1 aliphatic heterocycles. The Kier molecular flexibility index (Phi) is 6.18. The van der Waals surface area contributed by atoms with Gasteiger partial charge in [0.25, 0.3) is 5.91 Å². The first-order chi connectivity index (χ1) is 14.4. The van der Waals surface area contributed by atoms with Gasteiger partial charge in [-0.1, -0.05) is 23.5 Å². The van der Waals surface area contributed by atoms with Gasteiger partial charge in [0.05, 0.1) is 23.4 Å². The van der Waals surface area contributed by atoms with E-state index < -0.39 is 0 Å². The number of anilines is 1. The average Bonchev–Trinajstić information content (AvgIpc) is 3.15. The van der Waals surface area contributed by atoms with Crippen LogP contribution in [-0.2, 0) is 4.74 Å². The standard InChI is InChI=1S/C24H29N3O2S/c1-16-13-19(4)22-21(14-16)25-24(30-22)27(8-7-26-9-11-29-12-10-26)23(28)20-6-5-17(2)18(3)15-20/h5-6,13-15H,7-12H2,1-4H3. The van der Waals surface area contributed by atoms with Gasteiger partial charge in [-0.2, -0.15) is 0 Å². The highest BCUT2D eigenvalue weighted by molar-refractivity contribution is 7.22. The minimum absolute atomic E-state index is 0.0137. The maximum absolute atomic E-state index is 13.6. The van der Waals surface area contributed by atoms with Crippen LogP contribution in [0.5, 0.6) is 0 Å². The summed E-state index contributed by atoms with van der Waals surface area (Å²) in [5.74, 6) is 0.0137. The second-order valence-electron chi connectivity index (χ2n) is 8.14. The molecule has 1 fully saturated rings. The van der Waals surface area contributed by atoms with Crippen molar-refractivity contribution in [3.05, 3.63) is 58.1 Å². The van der Waals surface area contributed by atoms with Gasteiger partial charge in [0, 0.05) is 31.7 Å². The Hall–Kier alpha value is -2.28. The normalized spacial score (nSPS) is 14.9. The predicted octanol–water partition coefficient (Wildman–Crippen LogP) is 4.51. The van der Waals surface area contributed by atoms with Crippen LogP contribution in [0.2, 0.25) is 0 Å². The molecule has 0 radical (unpaired) electrons. The van der Waals surface area contributed by atoms with Crippen molar-refractivity contribution in [2.75, 3.05) is 44.3 Å². The first-order valence-electron chi connectivity index (χ1n) is 10.5. The fraction of sp³-hybridized carbons (Fsp3) is 0.417. The minimum Gasteiger partial charge on any atom is -0.379 e. The van der Waals surface area contributed by atoms with Crippen LogP contribution in [0.4, 0.5) is 5.13 Å². The summed E-state index contributed by atoms with van der Waals surface area (Å²) in [6.07, 6.45) is 0. The Labute approximate surface area is 182 Å². The lowest BCUT2D eigenvalue weighted by Gasteiger charge is -2.29. The number of carbonyl (C=O) groups excluding carboxylic acids is 1. The maximum atomic E-state index is 13.6. The molecule has 0 saturated carbocycles. The number of aryl methyl sites for hydroxylation is 4. The molecular weight excluding hydrogens is 394 g/mol. The number of benzene rings is 2. The molecule has 4 rings (SSSR count). The second kappa shape index (κ2) is 8.84. The fourth-order valence-corrected chi connectivity index (χ4v) is 4.90. The van der Waals surface area contributed by atoms with Crippen LogP contribution in [0.3, 0.4) is 0 Å². The number of amides is 1. The van der Waals surface area contributed by atoms with Gasteiger partial charge < -0.3 is 4.74 Å². The Morgan fingerprint density at radius 1 is 1.07 bits per heavy atom. The monoisotopic (exact) mass is 423 g/mol. The van der Waals surface area contributed by atoms with Crippen molar-refractivity contribution in [2.45, 2.75) is 27.7 Å². The van der Waals surface area contributed by atoms with Crippen molar-refractivity contribution in [2.24, 2.45) is 0 Å². The average molecular weight is 424 g/mol. The van der Waals surface area contributed by atoms with Crippen LogP contribution in [0.25, 0.3) is 10.2 Å². The Morgan fingerprint density at radius 3 is 2.57 bits per heavy atom. The summed E-state index contributed by atoms with van der Waals surface area (Å²) in [6.45, 7) is 13.1. The quantitative estimate of drug-likeness (QED) is 0.606. The van der Waals surface area contributed by atoms with Crippen LogP contribution in [-0.4, -0.2) is 55.2 Å². The molecule has 1 saturated heterocycles. The van der Waals surface area contributed by atoms with Crippen molar-refractivity contribution < 1.29 is 9.53 Å². The van der Waals surface area contributed by atoms with Gasteiger partial charge in [-0.15, -0.1) is 0 Å². The summed E-state index contributed by atoms with van der Waals surface area (Å²) in [5, 5.41) is 0.773. The van der Waals surface area contributed by atoms with E-state index in [0.717, 1.165) is 53.8 Å². The van der Waals surface area contributed by atoms with E-state index in [1.54, 1.807) is 11.3 Å². The van der Waals surface area contributed by atoms with Crippen molar-refractivity contribution in [1.29, 1.82) is 0 Å². The van der Waals surface area contributed by atoms with Crippen LogP contribution < -0.4 is 4.90 Å². The lowest BCUT2D eigenvalue weighted by molar-refractivity contribution is 0.0391.